The maximum Gasteiger partial charge on any atom is 0.255 e. The number of methoxy groups -OCH3 is 1. The van der Waals surface area contributed by atoms with E-state index < -0.39 is 17.8 Å². The summed E-state index contributed by atoms with van der Waals surface area (Å²) in [6.45, 7) is -0.119. The summed E-state index contributed by atoms with van der Waals surface area (Å²) < 4.78 is 18.6. The Balaban J connectivity index is 2.06. The van der Waals surface area contributed by atoms with Crippen molar-refractivity contribution in [3.05, 3.63) is 64.4 Å². The van der Waals surface area contributed by atoms with Crippen molar-refractivity contribution in [3.63, 3.8) is 0 Å². The Morgan fingerprint density at radius 3 is 2.77 bits per heavy atom. The molecule has 0 spiro atoms. The average Bonchev–Trinajstić information content (AvgIpc) is 2.52. The van der Waals surface area contributed by atoms with Crippen LogP contribution in [-0.4, -0.2) is 24.7 Å². The number of rotatable bonds is 5. The number of carbonyl (C=O) groups excluding carboxylic acids is 1. The van der Waals surface area contributed by atoms with Crippen LogP contribution < -0.4 is 10.1 Å². The fourth-order valence-electron chi connectivity index (χ4n) is 1.99. The molecule has 1 unspecified atom stereocenters. The third-order valence-corrected chi connectivity index (χ3v) is 3.36. The Morgan fingerprint density at radius 1 is 1.36 bits per heavy atom. The van der Waals surface area contributed by atoms with E-state index in [0.29, 0.717) is 10.8 Å². The van der Waals surface area contributed by atoms with Gasteiger partial charge >= 0.3 is 0 Å². The quantitative estimate of drug-likeness (QED) is 0.889. The lowest BCUT2D eigenvalue weighted by atomic mass is 10.1. The minimum atomic E-state index is -1.14. The highest BCUT2D eigenvalue weighted by Gasteiger charge is 2.16. The zero-order valence-corrected chi connectivity index (χ0v) is 12.6. The predicted molar refractivity (Wildman–Crippen MR) is 81.7 cm³/mol. The van der Waals surface area contributed by atoms with E-state index in [1.165, 1.54) is 37.4 Å². The van der Waals surface area contributed by atoms with Crippen LogP contribution in [0, 0.1) is 5.82 Å². The molecule has 2 aromatic carbocycles. The standard InChI is InChI=1S/C16H15ClFNO3/c1-22-15-8-10(17)6-7-12(15)16(21)19-9-14(20)11-4-2-3-5-13(11)18/h2-8,14,20H,9H2,1H3,(H,19,21). The van der Waals surface area contributed by atoms with Crippen molar-refractivity contribution in [2.24, 2.45) is 0 Å². The number of ether oxygens (including phenoxy) is 1. The molecule has 0 aliphatic carbocycles. The molecule has 2 N–H and O–H groups in total. The van der Waals surface area contributed by atoms with Gasteiger partial charge in [0, 0.05) is 17.1 Å². The van der Waals surface area contributed by atoms with E-state index in [4.69, 9.17) is 16.3 Å². The van der Waals surface area contributed by atoms with E-state index in [-0.39, 0.29) is 17.7 Å². The summed E-state index contributed by atoms with van der Waals surface area (Å²) in [5.74, 6) is -0.636. The number of benzene rings is 2. The van der Waals surface area contributed by atoms with E-state index >= 15 is 0 Å². The Labute approximate surface area is 132 Å². The number of carbonyl (C=O) groups is 1. The molecule has 22 heavy (non-hydrogen) atoms. The van der Waals surface area contributed by atoms with E-state index in [2.05, 4.69) is 5.32 Å². The Morgan fingerprint density at radius 2 is 2.09 bits per heavy atom. The summed E-state index contributed by atoms with van der Waals surface area (Å²) >= 11 is 5.83. The maximum atomic E-state index is 13.5. The fraction of sp³-hybridized carbons (Fsp3) is 0.188. The van der Waals surface area contributed by atoms with Crippen molar-refractivity contribution >= 4 is 17.5 Å². The summed E-state index contributed by atoms with van der Waals surface area (Å²) in [5.41, 5.74) is 0.415. The first-order valence-electron chi connectivity index (χ1n) is 6.57. The van der Waals surface area contributed by atoms with Gasteiger partial charge in [-0.3, -0.25) is 4.79 Å². The van der Waals surface area contributed by atoms with Gasteiger partial charge in [-0.05, 0) is 24.3 Å². The van der Waals surface area contributed by atoms with Gasteiger partial charge in [0.1, 0.15) is 11.6 Å². The highest BCUT2D eigenvalue weighted by atomic mass is 35.5. The predicted octanol–water partition coefficient (Wildman–Crippen LogP) is 2.95. The second kappa shape index (κ2) is 7.24. The molecular weight excluding hydrogens is 309 g/mol. The minimum Gasteiger partial charge on any atom is -0.496 e. The van der Waals surface area contributed by atoms with Crippen LogP contribution in [-0.2, 0) is 0 Å². The number of halogens is 2. The number of aliphatic hydroxyl groups excluding tert-OH is 1. The first-order chi connectivity index (χ1) is 10.5. The first-order valence-corrected chi connectivity index (χ1v) is 6.95. The SMILES string of the molecule is COc1cc(Cl)ccc1C(=O)NCC(O)c1ccccc1F. The lowest BCUT2D eigenvalue weighted by Crippen LogP contribution is -2.29. The molecule has 1 atom stereocenters. The maximum absolute atomic E-state index is 13.5. The van der Waals surface area contributed by atoms with Gasteiger partial charge in [-0.2, -0.15) is 0 Å². The number of hydrogen-bond acceptors (Lipinski definition) is 3. The molecule has 0 radical (unpaired) electrons. The summed E-state index contributed by atoms with van der Waals surface area (Å²) in [5, 5.41) is 12.9. The third kappa shape index (κ3) is 3.75. The molecule has 0 aliphatic rings. The summed E-state index contributed by atoms with van der Waals surface area (Å²) in [6, 6.07) is 10.5. The van der Waals surface area contributed by atoms with Gasteiger partial charge in [0.05, 0.1) is 18.8 Å². The zero-order valence-electron chi connectivity index (χ0n) is 11.8. The van der Waals surface area contributed by atoms with Gasteiger partial charge in [-0.15, -0.1) is 0 Å². The summed E-state index contributed by atoms with van der Waals surface area (Å²) in [7, 11) is 1.43. The van der Waals surface area contributed by atoms with Crippen LogP contribution >= 0.6 is 11.6 Å². The second-order valence-corrected chi connectivity index (χ2v) is 5.03. The van der Waals surface area contributed by atoms with Crippen LogP contribution in [0.4, 0.5) is 4.39 Å². The molecule has 116 valence electrons. The van der Waals surface area contributed by atoms with Gasteiger partial charge < -0.3 is 15.2 Å². The summed E-state index contributed by atoms with van der Waals surface area (Å²) in [6.07, 6.45) is -1.14. The Kier molecular flexibility index (Phi) is 5.35. The molecule has 4 nitrogen and oxygen atoms in total. The van der Waals surface area contributed by atoms with Crippen molar-refractivity contribution in [1.29, 1.82) is 0 Å². The molecule has 0 heterocycles. The van der Waals surface area contributed by atoms with Gasteiger partial charge in [0.15, 0.2) is 0 Å². The summed E-state index contributed by atoms with van der Waals surface area (Å²) in [4.78, 5) is 12.1. The van der Waals surface area contributed by atoms with Gasteiger partial charge in [-0.25, -0.2) is 4.39 Å². The molecular formula is C16H15ClFNO3. The number of aliphatic hydroxyl groups is 1. The molecule has 0 aliphatic heterocycles. The van der Waals surface area contributed by atoms with Crippen LogP contribution in [0.15, 0.2) is 42.5 Å². The van der Waals surface area contributed by atoms with Crippen molar-refractivity contribution in [1.82, 2.24) is 5.32 Å². The van der Waals surface area contributed by atoms with Crippen LogP contribution in [0.1, 0.15) is 22.0 Å². The topological polar surface area (TPSA) is 58.6 Å². The molecule has 0 aromatic heterocycles. The highest BCUT2D eigenvalue weighted by Crippen LogP contribution is 2.23. The van der Waals surface area contributed by atoms with Crippen LogP contribution in [0.3, 0.4) is 0 Å². The van der Waals surface area contributed by atoms with Crippen LogP contribution in [0.2, 0.25) is 5.02 Å². The average molecular weight is 324 g/mol. The molecule has 2 rings (SSSR count). The Hall–Kier alpha value is -2.11. The molecule has 0 fully saturated rings. The van der Waals surface area contributed by atoms with Gasteiger partial charge in [0.25, 0.3) is 5.91 Å². The van der Waals surface area contributed by atoms with Crippen molar-refractivity contribution in [2.75, 3.05) is 13.7 Å². The van der Waals surface area contributed by atoms with Gasteiger partial charge in [0.2, 0.25) is 0 Å². The van der Waals surface area contributed by atoms with E-state index in [1.807, 2.05) is 0 Å². The highest BCUT2D eigenvalue weighted by molar-refractivity contribution is 6.30. The van der Waals surface area contributed by atoms with Crippen molar-refractivity contribution < 1.29 is 19.0 Å². The Bertz CT molecular complexity index is 678. The van der Waals surface area contributed by atoms with Crippen LogP contribution in [0.25, 0.3) is 0 Å². The monoisotopic (exact) mass is 323 g/mol. The van der Waals surface area contributed by atoms with Crippen LogP contribution in [0.5, 0.6) is 5.75 Å². The second-order valence-electron chi connectivity index (χ2n) is 4.59. The lowest BCUT2D eigenvalue weighted by Gasteiger charge is -2.14. The smallest absolute Gasteiger partial charge is 0.255 e. The number of nitrogens with one attached hydrogen (secondary N) is 1. The van der Waals surface area contributed by atoms with E-state index in [1.54, 1.807) is 12.1 Å². The number of amides is 1. The molecule has 6 heteroatoms. The molecule has 0 saturated carbocycles. The van der Waals surface area contributed by atoms with E-state index in [9.17, 15) is 14.3 Å². The molecule has 2 aromatic rings. The molecule has 0 saturated heterocycles. The van der Waals surface area contributed by atoms with E-state index in [0.717, 1.165) is 0 Å². The normalized spacial score (nSPS) is 11.8. The van der Waals surface area contributed by atoms with Crippen molar-refractivity contribution in [2.45, 2.75) is 6.10 Å². The first kappa shape index (κ1) is 16.3. The molecule has 1 amide bonds. The van der Waals surface area contributed by atoms with Crippen molar-refractivity contribution in [3.8, 4) is 5.75 Å². The van der Waals surface area contributed by atoms with Gasteiger partial charge in [-0.1, -0.05) is 29.8 Å². The third-order valence-electron chi connectivity index (χ3n) is 3.13. The molecule has 0 bridgehead atoms. The fourth-order valence-corrected chi connectivity index (χ4v) is 2.15. The minimum absolute atomic E-state index is 0.119. The largest absolute Gasteiger partial charge is 0.496 e. The number of hydrogen-bond donors (Lipinski definition) is 2. The lowest BCUT2D eigenvalue weighted by molar-refractivity contribution is 0.0911. The zero-order chi connectivity index (χ0) is 16.1.